The van der Waals surface area contributed by atoms with Gasteiger partial charge in [0, 0.05) is 18.7 Å². The summed E-state index contributed by atoms with van der Waals surface area (Å²) in [6.07, 6.45) is 0.448. The van der Waals surface area contributed by atoms with Gasteiger partial charge in [-0.05, 0) is 31.0 Å². The summed E-state index contributed by atoms with van der Waals surface area (Å²) < 4.78 is 0. The van der Waals surface area contributed by atoms with Crippen molar-refractivity contribution in [3.05, 3.63) is 35.4 Å². The number of nitrogens with one attached hydrogen (secondary N) is 2. The van der Waals surface area contributed by atoms with Gasteiger partial charge in [-0.2, -0.15) is 0 Å². The van der Waals surface area contributed by atoms with E-state index in [9.17, 15) is 19.2 Å². The Balaban J connectivity index is 1.75. The van der Waals surface area contributed by atoms with Crippen LogP contribution in [0.3, 0.4) is 0 Å². The van der Waals surface area contributed by atoms with Gasteiger partial charge in [-0.15, -0.1) is 0 Å². The molecule has 8 heteroatoms. The molecule has 2 atom stereocenters. The Hall–Kier alpha value is -2.90. The molecule has 2 aliphatic rings. The summed E-state index contributed by atoms with van der Waals surface area (Å²) in [4.78, 5) is 48.2. The lowest BCUT2D eigenvalue weighted by atomic mass is 9.91. The van der Waals surface area contributed by atoms with Gasteiger partial charge in [-0.1, -0.05) is 12.1 Å². The number of carbonyl (C=O) groups excluding carboxylic acids is 3. The molecule has 8 nitrogen and oxygen atoms in total. The Morgan fingerprint density at radius 2 is 1.92 bits per heavy atom. The lowest BCUT2D eigenvalue weighted by molar-refractivity contribution is -0.141. The van der Waals surface area contributed by atoms with Gasteiger partial charge in [0.05, 0.1) is 5.92 Å². The molecular weight excluding hydrogens is 314 g/mol. The fourth-order valence-corrected chi connectivity index (χ4v) is 3.02. The summed E-state index contributed by atoms with van der Waals surface area (Å²) in [5, 5.41) is 13.7. The van der Waals surface area contributed by atoms with Crippen molar-refractivity contribution in [1.82, 2.24) is 15.5 Å². The molecule has 0 spiro atoms. The van der Waals surface area contributed by atoms with Gasteiger partial charge in [0.15, 0.2) is 0 Å². The van der Waals surface area contributed by atoms with Crippen molar-refractivity contribution in [2.45, 2.75) is 18.9 Å². The summed E-state index contributed by atoms with van der Waals surface area (Å²) in [6, 6.07) is 5.83. The molecule has 2 fully saturated rings. The van der Waals surface area contributed by atoms with E-state index in [-0.39, 0.29) is 12.5 Å². The summed E-state index contributed by atoms with van der Waals surface area (Å²) in [5.74, 6) is -2.10. The van der Waals surface area contributed by atoms with Crippen molar-refractivity contribution in [1.29, 1.82) is 0 Å². The van der Waals surface area contributed by atoms with E-state index >= 15 is 0 Å². The molecule has 3 N–H and O–H groups in total. The Labute approximate surface area is 137 Å². The van der Waals surface area contributed by atoms with Gasteiger partial charge in [-0.3, -0.25) is 19.7 Å². The van der Waals surface area contributed by atoms with Gasteiger partial charge in [-0.25, -0.2) is 4.79 Å². The minimum Gasteiger partial charge on any atom is -0.481 e. The number of aliphatic carboxylic acids is 1. The number of benzene rings is 1. The second-order valence-corrected chi connectivity index (χ2v) is 6.19. The molecule has 24 heavy (non-hydrogen) atoms. The molecule has 1 aromatic rings. The highest BCUT2D eigenvalue weighted by Crippen LogP contribution is 2.25. The predicted octanol–water partition coefficient (Wildman–Crippen LogP) is 0.288. The first kappa shape index (κ1) is 16.0. The normalized spacial score (nSPS) is 26.2. The molecule has 0 bridgehead atoms. The van der Waals surface area contributed by atoms with Gasteiger partial charge in [0.2, 0.25) is 0 Å². The van der Waals surface area contributed by atoms with Crippen LogP contribution in [0.5, 0.6) is 0 Å². The van der Waals surface area contributed by atoms with Crippen LogP contribution in [0.15, 0.2) is 24.3 Å². The third-order valence-corrected chi connectivity index (χ3v) is 4.58. The van der Waals surface area contributed by atoms with Crippen LogP contribution >= 0.6 is 0 Å². The highest BCUT2D eigenvalue weighted by Gasteiger charge is 2.43. The molecule has 2 saturated heterocycles. The molecule has 3 rings (SSSR count). The maximum absolute atomic E-state index is 12.4. The second-order valence-electron chi connectivity index (χ2n) is 6.19. The van der Waals surface area contributed by atoms with Crippen LogP contribution in [-0.4, -0.2) is 46.9 Å². The zero-order chi connectivity index (χ0) is 17.5. The summed E-state index contributed by atoms with van der Waals surface area (Å²) in [7, 11) is 0. The van der Waals surface area contributed by atoms with Crippen molar-refractivity contribution in [3.8, 4) is 0 Å². The summed E-state index contributed by atoms with van der Waals surface area (Å²) >= 11 is 0. The average Bonchev–Trinajstić information content (AvgIpc) is 3.13. The maximum atomic E-state index is 12.4. The van der Waals surface area contributed by atoms with Gasteiger partial charge in [0.1, 0.15) is 5.54 Å². The highest BCUT2D eigenvalue weighted by molar-refractivity contribution is 6.07. The Morgan fingerprint density at radius 3 is 2.42 bits per heavy atom. The van der Waals surface area contributed by atoms with Crippen molar-refractivity contribution >= 4 is 23.8 Å². The van der Waals surface area contributed by atoms with Crippen LogP contribution in [0.4, 0.5) is 4.79 Å². The molecule has 2 heterocycles. The first-order valence-electron chi connectivity index (χ1n) is 7.57. The first-order chi connectivity index (χ1) is 11.3. The second kappa shape index (κ2) is 5.63. The molecule has 1 aromatic carbocycles. The quantitative estimate of drug-likeness (QED) is 0.688. The van der Waals surface area contributed by atoms with Gasteiger partial charge >= 0.3 is 12.0 Å². The SMILES string of the molecule is C[C@]1(c2ccc(C(=O)N3CC[C@H](C(=O)O)C3)cc2)NC(=O)NC1=O. The fraction of sp³-hybridized carbons (Fsp3) is 0.375. The third-order valence-electron chi connectivity index (χ3n) is 4.58. The third kappa shape index (κ3) is 2.60. The lowest BCUT2D eigenvalue weighted by Crippen LogP contribution is -2.40. The smallest absolute Gasteiger partial charge is 0.322 e. The number of nitrogens with zero attached hydrogens (tertiary/aromatic N) is 1. The maximum Gasteiger partial charge on any atom is 0.322 e. The molecule has 0 unspecified atom stereocenters. The van der Waals surface area contributed by atoms with E-state index in [0.717, 1.165) is 0 Å². The van der Waals surface area contributed by atoms with E-state index < -0.39 is 29.4 Å². The van der Waals surface area contributed by atoms with Crippen molar-refractivity contribution in [3.63, 3.8) is 0 Å². The molecule has 4 amide bonds. The van der Waals surface area contributed by atoms with Crippen LogP contribution < -0.4 is 10.6 Å². The number of carboxylic acid groups (broad SMARTS) is 1. The zero-order valence-corrected chi connectivity index (χ0v) is 13.0. The minimum absolute atomic E-state index is 0.200. The summed E-state index contributed by atoms with van der Waals surface area (Å²) in [5.41, 5.74) is -0.189. The lowest BCUT2D eigenvalue weighted by Gasteiger charge is -2.22. The van der Waals surface area contributed by atoms with E-state index in [0.29, 0.717) is 24.1 Å². The van der Waals surface area contributed by atoms with E-state index in [1.54, 1.807) is 31.2 Å². The Kier molecular flexibility index (Phi) is 3.75. The number of amides is 4. The standard InChI is InChI=1S/C16H17N3O5/c1-16(14(23)17-15(24)18-16)11-4-2-9(3-5-11)12(20)19-7-6-10(8-19)13(21)22/h2-5,10H,6-8H2,1H3,(H,21,22)(H2,17,18,23,24)/t10-,16+/m0/s1. The van der Waals surface area contributed by atoms with E-state index in [4.69, 9.17) is 5.11 Å². The van der Waals surface area contributed by atoms with Crippen LogP contribution in [0.25, 0.3) is 0 Å². The topological polar surface area (TPSA) is 116 Å². The monoisotopic (exact) mass is 331 g/mol. The molecule has 0 aliphatic carbocycles. The van der Waals surface area contributed by atoms with Crippen molar-refractivity contribution < 1.29 is 24.3 Å². The predicted molar refractivity (Wildman–Crippen MR) is 82.1 cm³/mol. The van der Waals surface area contributed by atoms with Gasteiger partial charge in [0.25, 0.3) is 11.8 Å². The number of carboxylic acids is 1. The van der Waals surface area contributed by atoms with E-state index in [1.807, 2.05) is 0 Å². The van der Waals surface area contributed by atoms with Crippen LogP contribution in [0, 0.1) is 5.92 Å². The van der Waals surface area contributed by atoms with Crippen LogP contribution in [-0.2, 0) is 15.1 Å². The minimum atomic E-state index is -1.17. The van der Waals surface area contributed by atoms with Gasteiger partial charge < -0.3 is 15.3 Å². The molecule has 126 valence electrons. The highest BCUT2D eigenvalue weighted by atomic mass is 16.4. The molecule has 0 saturated carbocycles. The number of urea groups is 1. The van der Waals surface area contributed by atoms with Crippen LogP contribution in [0.2, 0.25) is 0 Å². The fourth-order valence-electron chi connectivity index (χ4n) is 3.02. The molecular formula is C16H17N3O5. The number of hydrogen-bond donors (Lipinski definition) is 3. The number of hydrogen-bond acceptors (Lipinski definition) is 4. The Morgan fingerprint density at radius 1 is 1.25 bits per heavy atom. The molecule has 0 aromatic heterocycles. The average molecular weight is 331 g/mol. The Bertz CT molecular complexity index is 730. The number of likely N-dealkylation sites (tertiary alicyclic amines) is 1. The van der Waals surface area contributed by atoms with Crippen LogP contribution in [0.1, 0.15) is 29.3 Å². The van der Waals surface area contributed by atoms with Crippen molar-refractivity contribution in [2.24, 2.45) is 5.92 Å². The van der Waals surface area contributed by atoms with E-state index in [2.05, 4.69) is 10.6 Å². The first-order valence-corrected chi connectivity index (χ1v) is 7.57. The van der Waals surface area contributed by atoms with E-state index in [1.165, 1.54) is 4.90 Å². The number of carbonyl (C=O) groups is 4. The van der Waals surface area contributed by atoms with Crippen molar-refractivity contribution in [2.75, 3.05) is 13.1 Å². The number of rotatable bonds is 3. The number of imide groups is 1. The largest absolute Gasteiger partial charge is 0.481 e. The molecule has 2 aliphatic heterocycles. The molecule has 0 radical (unpaired) electrons. The zero-order valence-electron chi connectivity index (χ0n) is 13.0. The summed E-state index contributed by atoms with van der Waals surface area (Å²) in [6.45, 7) is 2.20.